The van der Waals surface area contributed by atoms with Gasteiger partial charge in [0.15, 0.2) is 0 Å². The lowest BCUT2D eigenvalue weighted by atomic mass is 10.1. The number of aromatic nitrogens is 4. The number of likely N-dealkylation sites (N-methyl/N-ethyl adjacent to an activating group) is 1. The highest BCUT2D eigenvalue weighted by Gasteiger charge is 2.30. The first kappa shape index (κ1) is 24.6. The second-order valence-corrected chi connectivity index (χ2v) is 10.8. The van der Waals surface area contributed by atoms with Crippen LogP contribution in [0.4, 0.5) is 20.7 Å². The molecule has 4 heterocycles. The van der Waals surface area contributed by atoms with Gasteiger partial charge in [0.25, 0.3) is 0 Å². The number of piperidine rings is 2. The fraction of sp³-hybridized carbons (Fsp3) is 0.652. The van der Waals surface area contributed by atoms with Gasteiger partial charge in [-0.3, -0.25) is 5.32 Å². The van der Waals surface area contributed by atoms with E-state index in [9.17, 15) is 9.59 Å². The molecule has 2 saturated heterocycles. The molecule has 2 aliphatic heterocycles. The summed E-state index contributed by atoms with van der Waals surface area (Å²) in [6.07, 6.45) is 6.96. The molecule has 0 radical (unpaired) electrons. The zero-order chi connectivity index (χ0) is 25.1. The number of rotatable bonds is 6. The second kappa shape index (κ2) is 10.9. The van der Waals surface area contributed by atoms with E-state index in [2.05, 4.69) is 42.7 Å². The van der Waals surface area contributed by atoms with Gasteiger partial charge in [-0.25, -0.2) is 14.6 Å². The number of ether oxygens (including phenoxy) is 1. The van der Waals surface area contributed by atoms with Gasteiger partial charge in [0.2, 0.25) is 17.0 Å². The maximum absolute atomic E-state index is 12.8. The summed E-state index contributed by atoms with van der Waals surface area (Å²) in [7, 11) is 3.87. The van der Waals surface area contributed by atoms with E-state index in [1.807, 2.05) is 4.90 Å². The van der Waals surface area contributed by atoms with Crippen molar-refractivity contribution < 1.29 is 14.3 Å². The zero-order valence-corrected chi connectivity index (χ0v) is 21.5. The van der Waals surface area contributed by atoms with Crippen molar-refractivity contribution in [2.24, 2.45) is 0 Å². The third-order valence-corrected chi connectivity index (χ3v) is 7.98. The first-order chi connectivity index (χ1) is 17.4. The SMILES string of the molecule is CN1CCC(NC(=O)Oc2ccnc(N3CCC[C@@H](N(C)C(=O)Nc4nnc(C5CC5)s4)C3)n2)CC1. The van der Waals surface area contributed by atoms with E-state index in [0.29, 0.717) is 23.5 Å². The van der Waals surface area contributed by atoms with Crippen molar-refractivity contribution in [1.82, 2.24) is 35.3 Å². The number of hydrogen-bond acceptors (Lipinski definition) is 10. The fourth-order valence-electron chi connectivity index (χ4n) is 4.56. The minimum atomic E-state index is -0.497. The van der Waals surface area contributed by atoms with E-state index in [1.165, 1.54) is 11.3 Å². The van der Waals surface area contributed by atoms with Gasteiger partial charge in [0.1, 0.15) is 5.01 Å². The molecule has 0 bridgehead atoms. The molecule has 2 aromatic rings. The van der Waals surface area contributed by atoms with Crippen LogP contribution in [0.2, 0.25) is 0 Å². The van der Waals surface area contributed by atoms with Crippen molar-refractivity contribution in [1.29, 1.82) is 0 Å². The van der Waals surface area contributed by atoms with E-state index >= 15 is 0 Å². The lowest BCUT2D eigenvalue weighted by molar-refractivity contribution is 0.180. The number of carbonyl (C=O) groups excluding carboxylic acids is 2. The van der Waals surface area contributed by atoms with Gasteiger partial charge in [-0.2, -0.15) is 4.98 Å². The third kappa shape index (κ3) is 6.19. The Balaban J connectivity index is 1.14. The lowest BCUT2D eigenvalue weighted by Crippen LogP contribution is -2.50. The predicted molar refractivity (Wildman–Crippen MR) is 136 cm³/mol. The van der Waals surface area contributed by atoms with Gasteiger partial charge < -0.3 is 24.8 Å². The van der Waals surface area contributed by atoms with Crippen LogP contribution in [0.15, 0.2) is 12.3 Å². The number of anilines is 2. The molecule has 2 aromatic heterocycles. The minimum absolute atomic E-state index is 0.0181. The number of urea groups is 1. The summed E-state index contributed by atoms with van der Waals surface area (Å²) >= 11 is 1.45. The van der Waals surface area contributed by atoms with E-state index in [1.54, 1.807) is 24.2 Å². The average Bonchev–Trinajstić information content (AvgIpc) is 3.64. The first-order valence-electron chi connectivity index (χ1n) is 12.6. The quantitative estimate of drug-likeness (QED) is 0.596. The van der Waals surface area contributed by atoms with Gasteiger partial charge in [-0.15, -0.1) is 10.2 Å². The Morgan fingerprint density at radius 1 is 1.14 bits per heavy atom. The summed E-state index contributed by atoms with van der Waals surface area (Å²) in [6, 6.07) is 1.47. The Kier molecular flexibility index (Phi) is 7.46. The first-order valence-corrected chi connectivity index (χ1v) is 13.4. The molecule has 3 aliphatic rings. The van der Waals surface area contributed by atoms with Gasteiger partial charge in [-0.1, -0.05) is 11.3 Å². The predicted octanol–water partition coefficient (Wildman–Crippen LogP) is 2.52. The van der Waals surface area contributed by atoms with Crippen LogP contribution >= 0.6 is 11.3 Å². The zero-order valence-electron chi connectivity index (χ0n) is 20.7. The largest absolute Gasteiger partial charge is 0.414 e. The van der Waals surface area contributed by atoms with Crippen LogP contribution in [0.5, 0.6) is 5.88 Å². The molecule has 1 atom stereocenters. The van der Waals surface area contributed by atoms with Crippen molar-refractivity contribution in [3.05, 3.63) is 17.3 Å². The molecule has 3 amide bonds. The molecule has 0 aromatic carbocycles. The van der Waals surface area contributed by atoms with Crippen molar-refractivity contribution in [3.63, 3.8) is 0 Å². The molecule has 3 fully saturated rings. The third-order valence-electron chi connectivity index (χ3n) is 6.98. The Hall–Kier alpha value is -3.06. The summed E-state index contributed by atoms with van der Waals surface area (Å²) in [6.45, 7) is 3.25. The summed E-state index contributed by atoms with van der Waals surface area (Å²) in [5.74, 6) is 1.20. The molecule has 0 unspecified atom stereocenters. The highest BCUT2D eigenvalue weighted by molar-refractivity contribution is 7.15. The smallest absolute Gasteiger partial charge is 0.391 e. The molecule has 194 valence electrons. The highest BCUT2D eigenvalue weighted by atomic mass is 32.1. The van der Waals surface area contributed by atoms with Crippen LogP contribution in [0.3, 0.4) is 0 Å². The Bertz CT molecular complexity index is 1070. The standard InChI is InChI=1S/C23H33N9O3S/c1-30-12-8-16(9-13-30)25-23(34)35-18-7-10-24-20(26-18)32-11-3-4-17(14-32)31(2)22(33)27-21-29-28-19(36-21)15-5-6-15/h7,10,15-17H,3-6,8-9,11-14H2,1-2H3,(H,25,34)(H,27,29,33)/t17-/m1/s1. The molecule has 12 nitrogen and oxygen atoms in total. The Morgan fingerprint density at radius 3 is 2.72 bits per heavy atom. The van der Waals surface area contributed by atoms with Crippen LogP contribution in [0.25, 0.3) is 0 Å². The fourth-order valence-corrected chi connectivity index (χ4v) is 5.47. The second-order valence-electron chi connectivity index (χ2n) is 9.81. The van der Waals surface area contributed by atoms with Crippen LogP contribution in [-0.4, -0.2) is 94.4 Å². The topological polar surface area (TPSA) is 129 Å². The van der Waals surface area contributed by atoms with Gasteiger partial charge in [0, 0.05) is 44.4 Å². The molecular formula is C23H33N9O3S. The van der Waals surface area contributed by atoms with Gasteiger partial charge in [-0.05, 0) is 58.7 Å². The molecule has 5 rings (SSSR count). The van der Waals surface area contributed by atoms with Crippen LogP contribution in [0.1, 0.15) is 49.5 Å². The molecule has 36 heavy (non-hydrogen) atoms. The van der Waals surface area contributed by atoms with E-state index in [-0.39, 0.29) is 24.0 Å². The van der Waals surface area contributed by atoms with Gasteiger partial charge >= 0.3 is 12.1 Å². The number of likely N-dealkylation sites (tertiary alicyclic amines) is 1. The molecule has 1 saturated carbocycles. The van der Waals surface area contributed by atoms with E-state index in [0.717, 1.165) is 63.2 Å². The monoisotopic (exact) mass is 515 g/mol. The maximum Gasteiger partial charge on any atom is 0.414 e. The molecular weight excluding hydrogens is 482 g/mol. The van der Waals surface area contributed by atoms with Crippen molar-refractivity contribution >= 4 is 34.5 Å². The van der Waals surface area contributed by atoms with Crippen LogP contribution < -0.4 is 20.3 Å². The maximum atomic E-state index is 12.8. The van der Waals surface area contributed by atoms with Crippen LogP contribution in [-0.2, 0) is 0 Å². The summed E-state index contributed by atoms with van der Waals surface area (Å²) in [4.78, 5) is 40.0. The van der Waals surface area contributed by atoms with E-state index < -0.39 is 6.09 Å². The van der Waals surface area contributed by atoms with Gasteiger partial charge in [0.05, 0.1) is 6.04 Å². The molecule has 13 heteroatoms. The molecule has 1 aliphatic carbocycles. The summed E-state index contributed by atoms with van der Waals surface area (Å²) in [5.41, 5.74) is 0. The summed E-state index contributed by atoms with van der Waals surface area (Å²) < 4.78 is 5.45. The van der Waals surface area contributed by atoms with Crippen molar-refractivity contribution in [3.8, 4) is 5.88 Å². The van der Waals surface area contributed by atoms with Crippen molar-refractivity contribution in [2.75, 3.05) is 50.5 Å². The Labute approximate surface area is 214 Å². The lowest BCUT2D eigenvalue weighted by Gasteiger charge is -2.37. The highest BCUT2D eigenvalue weighted by Crippen LogP contribution is 2.42. The Morgan fingerprint density at radius 2 is 1.94 bits per heavy atom. The minimum Gasteiger partial charge on any atom is -0.391 e. The number of nitrogens with zero attached hydrogens (tertiary/aromatic N) is 7. The van der Waals surface area contributed by atoms with E-state index in [4.69, 9.17) is 4.74 Å². The number of amides is 3. The number of hydrogen-bond donors (Lipinski definition) is 2. The van der Waals surface area contributed by atoms with Crippen molar-refractivity contribution in [2.45, 2.75) is 56.5 Å². The number of nitrogens with one attached hydrogen (secondary N) is 2. The van der Waals surface area contributed by atoms with Crippen LogP contribution in [0, 0.1) is 0 Å². The average molecular weight is 516 g/mol. The normalized spacial score (nSPS) is 21.2. The number of carbonyl (C=O) groups is 2. The molecule has 2 N–H and O–H groups in total. The summed E-state index contributed by atoms with van der Waals surface area (Å²) in [5, 5.41) is 15.6. The molecule has 0 spiro atoms.